The lowest BCUT2D eigenvalue weighted by atomic mass is 10.2. The van der Waals surface area contributed by atoms with E-state index in [1.165, 1.54) is 11.3 Å². The highest BCUT2D eigenvalue weighted by atomic mass is 32.1. The van der Waals surface area contributed by atoms with E-state index in [1.807, 2.05) is 31.2 Å². The largest absolute Gasteiger partial charge is 0.454 e. The second kappa shape index (κ2) is 5.34. The number of thiophene rings is 1. The zero-order valence-corrected chi connectivity index (χ0v) is 11.6. The third-order valence-corrected chi connectivity index (χ3v) is 3.63. The number of benzene rings is 1. The van der Waals surface area contributed by atoms with Gasteiger partial charge >= 0.3 is 0 Å². The first-order chi connectivity index (χ1) is 9.72. The third-order valence-electron chi connectivity index (χ3n) is 2.77. The Labute approximate surface area is 119 Å². The van der Waals surface area contributed by atoms with E-state index >= 15 is 0 Å². The smallest absolute Gasteiger partial charge is 0.272 e. The molecule has 2 aromatic rings. The lowest BCUT2D eigenvalue weighted by Gasteiger charge is -1.98. The van der Waals surface area contributed by atoms with E-state index in [4.69, 9.17) is 9.47 Å². The van der Waals surface area contributed by atoms with Crippen molar-refractivity contribution >= 4 is 23.5 Å². The molecule has 102 valence electrons. The predicted octanol–water partition coefficient (Wildman–Crippen LogP) is 2.55. The van der Waals surface area contributed by atoms with Crippen LogP contribution >= 0.6 is 11.3 Å². The summed E-state index contributed by atoms with van der Waals surface area (Å²) in [5.74, 6) is 1.19. The molecule has 1 aromatic carbocycles. The zero-order chi connectivity index (χ0) is 13.9. The van der Waals surface area contributed by atoms with Gasteiger partial charge in [0, 0.05) is 10.3 Å². The molecule has 1 N–H and O–H groups in total. The van der Waals surface area contributed by atoms with Crippen LogP contribution in [-0.4, -0.2) is 18.9 Å². The van der Waals surface area contributed by atoms with Crippen molar-refractivity contribution in [3.05, 3.63) is 45.6 Å². The van der Waals surface area contributed by atoms with Crippen LogP contribution in [0.3, 0.4) is 0 Å². The number of rotatable bonds is 3. The summed E-state index contributed by atoms with van der Waals surface area (Å²) in [6, 6.07) is 7.30. The highest BCUT2D eigenvalue weighted by Crippen LogP contribution is 2.31. The number of nitrogens with one attached hydrogen (secondary N) is 1. The van der Waals surface area contributed by atoms with Crippen molar-refractivity contribution in [2.24, 2.45) is 5.10 Å². The minimum Gasteiger partial charge on any atom is -0.454 e. The van der Waals surface area contributed by atoms with E-state index in [0.717, 1.165) is 16.2 Å². The first-order valence-corrected chi connectivity index (χ1v) is 6.88. The van der Waals surface area contributed by atoms with Crippen LogP contribution in [0.2, 0.25) is 0 Å². The third kappa shape index (κ3) is 2.65. The van der Waals surface area contributed by atoms with E-state index in [1.54, 1.807) is 11.6 Å². The van der Waals surface area contributed by atoms with Gasteiger partial charge in [-0.25, -0.2) is 5.43 Å². The normalized spacial score (nSPS) is 12.8. The first kappa shape index (κ1) is 12.7. The topological polar surface area (TPSA) is 59.9 Å². The van der Waals surface area contributed by atoms with Crippen LogP contribution in [0.25, 0.3) is 0 Å². The number of fused-ring (bicyclic) bond motifs is 1. The molecule has 3 rings (SSSR count). The second-order valence-corrected chi connectivity index (χ2v) is 5.37. The summed E-state index contributed by atoms with van der Waals surface area (Å²) in [4.78, 5) is 12.9. The van der Waals surface area contributed by atoms with Gasteiger partial charge in [-0.05, 0) is 36.8 Å². The average molecular weight is 288 g/mol. The van der Waals surface area contributed by atoms with Gasteiger partial charge in [-0.15, -0.1) is 11.3 Å². The minimum atomic E-state index is -0.216. The lowest BCUT2D eigenvalue weighted by molar-refractivity contribution is 0.0955. The van der Waals surface area contributed by atoms with E-state index in [9.17, 15) is 4.79 Å². The number of hydrazone groups is 1. The average Bonchev–Trinajstić information content (AvgIpc) is 3.06. The van der Waals surface area contributed by atoms with E-state index < -0.39 is 0 Å². The maximum atomic E-state index is 11.8. The summed E-state index contributed by atoms with van der Waals surface area (Å²) in [7, 11) is 0. The molecule has 20 heavy (non-hydrogen) atoms. The summed E-state index contributed by atoms with van der Waals surface area (Å²) < 4.78 is 10.5. The molecule has 0 aliphatic carbocycles. The van der Waals surface area contributed by atoms with Gasteiger partial charge in [-0.2, -0.15) is 5.10 Å². The van der Waals surface area contributed by atoms with E-state index in [-0.39, 0.29) is 12.7 Å². The van der Waals surface area contributed by atoms with Gasteiger partial charge in [0.15, 0.2) is 11.5 Å². The molecular weight excluding hydrogens is 276 g/mol. The molecule has 0 radical (unpaired) electrons. The Morgan fingerprint density at radius 1 is 1.35 bits per heavy atom. The molecule has 2 heterocycles. The fraction of sp³-hybridized carbons (Fsp3) is 0.143. The summed E-state index contributed by atoms with van der Waals surface area (Å²) in [5, 5.41) is 5.74. The molecule has 1 aliphatic rings. The quantitative estimate of drug-likeness (QED) is 0.697. The van der Waals surface area contributed by atoms with Crippen LogP contribution in [0.15, 0.2) is 34.7 Å². The number of carbonyl (C=O) groups excluding carboxylic acids is 1. The molecule has 1 aliphatic heterocycles. The summed E-state index contributed by atoms with van der Waals surface area (Å²) in [6.07, 6.45) is 1.57. The van der Waals surface area contributed by atoms with E-state index in [0.29, 0.717) is 11.3 Å². The van der Waals surface area contributed by atoms with Crippen molar-refractivity contribution in [1.82, 2.24) is 5.43 Å². The molecule has 5 nitrogen and oxygen atoms in total. The number of amides is 1. The van der Waals surface area contributed by atoms with Crippen LogP contribution in [0.1, 0.15) is 20.8 Å². The van der Waals surface area contributed by atoms with Crippen molar-refractivity contribution in [3.63, 3.8) is 0 Å². The Kier molecular flexibility index (Phi) is 3.39. The van der Waals surface area contributed by atoms with Crippen molar-refractivity contribution in [2.75, 3.05) is 6.79 Å². The maximum absolute atomic E-state index is 11.8. The fourth-order valence-corrected chi connectivity index (χ4v) is 2.47. The highest BCUT2D eigenvalue weighted by molar-refractivity contribution is 7.10. The van der Waals surface area contributed by atoms with Gasteiger partial charge < -0.3 is 9.47 Å². The first-order valence-electron chi connectivity index (χ1n) is 6.00. The molecule has 0 bridgehead atoms. The van der Waals surface area contributed by atoms with Gasteiger partial charge in [0.25, 0.3) is 5.91 Å². The summed E-state index contributed by atoms with van der Waals surface area (Å²) >= 11 is 1.53. The molecular formula is C14H12N2O3S. The van der Waals surface area contributed by atoms with Crippen LogP contribution in [0, 0.1) is 6.92 Å². The van der Waals surface area contributed by atoms with Crippen molar-refractivity contribution in [3.8, 4) is 11.5 Å². The lowest BCUT2D eigenvalue weighted by Crippen LogP contribution is -2.16. The number of hydrogen-bond donors (Lipinski definition) is 1. The maximum Gasteiger partial charge on any atom is 0.272 e. The SMILES string of the molecule is Cc1cc(C(=O)NN=Cc2ccc3c(c2)OCO3)cs1. The molecule has 0 unspecified atom stereocenters. The standard InChI is InChI=1S/C14H12N2O3S/c1-9-4-11(7-20-9)14(17)16-15-6-10-2-3-12-13(5-10)19-8-18-12/h2-7H,8H2,1H3,(H,16,17). The Balaban J connectivity index is 1.64. The summed E-state index contributed by atoms with van der Waals surface area (Å²) in [5.41, 5.74) is 3.94. The molecule has 0 spiro atoms. The van der Waals surface area contributed by atoms with Crippen LogP contribution in [0.5, 0.6) is 11.5 Å². The van der Waals surface area contributed by atoms with Gasteiger partial charge in [-0.1, -0.05) is 0 Å². The van der Waals surface area contributed by atoms with Gasteiger partial charge in [-0.3, -0.25) is 4.79 Å². The number of nitrogens with zero attached hydrogens (tertiary/aromatic N) is 1. The molecule has 0 saturated carbocycles. The zero-order valence-electron chi connectivity index (χ0n) is 10.8. The van der Waals surface area contributed by atoms with Crippen LogP contribution < -0.4 is 14.9 Å². The molecule has 0 atom stereocenters. The van der Waals surface area contributed by atoms with Gasteiger partial charge in [0.2, 0.25) is 6.79 Å². The number of ether oxygens (including phenoxy) is 2. The highest BCUT2D eigenvalue weighted by Gasteiger charge is 2.12. The monoisotopic (exact) mass is 288 g/mol. The summed E-state index contributed by atoms with van der Waals surface area (Å²) in [6.45, 7) is 2.20. The van der Waals surface area contributed by atoms with Crippen molar-refractivity contribution in [2.45, 2.75) is 6.92 Å². The molecule has 6 heteroatoms. The predicted molar refractivity (Wildman–Crippen MR) is 76.7 cm³/mol. The molecule has 0 saturated heterocycles. The Hall–Kier alpha value is -2.34. The number of hydrogen-bond acceptors (Lipinski definition) is 5. The number of carbonyl (C=O) groups is 1. The van der Waals surface area contributed by atoms with Gasteiger partial charge in [0.05, 0.1) is 11.8 Å². The molecule has 1 amide bonds. The Bertz CT molecular complexity index is 679. The van der Waals surface area contributed by atoms with Crippen molar-refractivity contribution in [1.29, 1.82) is 0 Å². The van der Waals surface area contributed by atoms with Crippen LogP contribution in [0.4, 0.5) is 0 Å². The minimum absolute atomic E-state index is 0.216. The Morgan fingerprint density at radius 3 is 3.00 bits per heavy atom. The van der Waals surface area contributed by atoms with Crippen molar-refractivity contribution < 1.29 is 14.3 Å². The van der Waals surface area contributed by atoms with Gasteiger partial charge in [0.1, 0.15) is 0 Å². The fourth-order valence-electron chi connectivity index (χ4n) is 1.79. The molecule has 0 fully saturated rings. The van der Waals surface area contributed by atoms with E-state index in [2.05, 4.69) is 10.5 Å². The second-order valence-electron chi connectivity index (χ2n) is 4.26. The number of aryl methyl sites for hydroxylation is 1. The molecule has 1 aromatic heterocycles. The Morgan fingerprint density at radius 2 is 2.20 bits per heavy atom. The van der Waals surface area contributed by atoms with Crippen LogP contribution in [-0.2, 0) is 0 Å².